The van der Waals surface area contributed by atoms with Crippen molar-refractivity contribution in [3.05, 3.63) is 23.4 Å². The molecule has 1 saturated heterocycles. The summed E-state index contributed by atoms with van der Waals surface area (Å²) in [6.45, 7) is 10.4. The van der Waals surface area contributed by atoms with E-state index in [1.165, 1.54) is 50.2 Å². The molecular formula is C21H32N6O. The van der Waals surface area contributed by atoms with Crippen LogP contribution in [0.2, 0.25) is 0 Å². The molecule has 1 atom stereocenters. The summed E-state index contributed by atoms with van der Waals surface area (Å²) in [5.74, 6) is 4.66. The summed E-state index contributed by atoms with van der Waals surface area (Å²) in [5, 5.41) is 13.3. The molecule has 2 fully saturated rings. The van der Waals surface area contributed by atoms with Crippen LogP contribution in [0.25, 0.3) is 0 Å². The van der Waals surface area contributed by atoms with Gasteiger partial charge >= 0.3 is 0 Å². The zero-order valence-electron chi connectivity index (χ0n) is 17.4. The van der Waals surface area contributed by atoms with Crippen molar-refractivity contribution in [2.45, 2.75) is 90.1 Å². The predicted octanol–water partition coefficient (Wildman–Crippen LogP) is 3.45. The maximum Gasteiger partial charge on any atom is 0.232 e. The van der Waals surface area contributed by atoms with Crippen LogP contribution in [-0.2, 0) is 24.9 Å². The number of fused-ring (bicyclic) bond motifs is 1. The first-order valence-electron chi connectivity index (χ1n) is 10.9. The molecule has 28 heavy (non-hydrogen) atoms. The molecular weight excluding hydrogens is 352 g/mol. The number of aromatic nitrogens is 5. The Morgan fingerprint density at radius 2 is 1.89 bits per heavy atom. The lowest BCUT2D eigenvalue weighted by molar-refractivity contribution is 0.157. The fourth-order valence-corrected chi connectivity index (χ4v) is 5.01. The van der Waals surface area contributed by atoms with Gasteiger partial charge in [-0.2, -0.15) is 4.98 Å². The lowest BCUT2D eigenvalue weighted by Gasteiger charge is -2.32. The summed E-state index contributed by atoms with van der Waals surface area (Å²) in [6.07, 6.45) is 8.72. The third-order valence-corrected chi connectivity index (χ3v) is 6.97. The third-order valence-electron chi connectivity index (χ3n) is 6.97. The normalized spacial score (nSPS) is 24.9. The van der Waals surface area contributed by atoms with E-state index >= 15 is 0 Å². The van der Waals surface area contributed by atoms with Crippen LogP contribution >= 0.6 is 0 Å². The van der Waals surface area contributed by atoms with Crippen molar-refractivity contribution in [2.75, 3.05) is 13.1 Å². The average molecular weight is 385 g/mol. The van der Waals surface area contributed by atoms with Crippen LogP contribution in [-0.4, -0.2) is 42.9 Å². The molecule has 0 radical (unpaired) electrons. The van der Waals surface area contributed by atoms with Gasteiger partial charge in [0, 0.05) is 24.3 Å². The highest BCUT2D eigenvalue weighted by Gasteiger charge is 2.57. The Morgan fingerprint density at radius 3 is 2.64 bits per heavy atom. The first-order valence-corrected chi connectivity index (χ1v) is 10.9. The number of rotatable bonds is 3. The quantitative estimate of drug-likeness (QED) is 0.807. The van der Waals surface area contributed by atoms with Crippen molar-refractivity contribution in [1.29, 1.82) is 0 Å². The van der Waals surface area contributed by atoms with E-state index in [4.69, 9.17) is 4.52 Å². The summed E-state index contributed by atoms with van der Waals surface area (Å²) in [6, 6.07) is 0. The second kappa shape index (κ2) is 6.65. The predicted molar refractivity (Wildman–Crippen MR) is 105 cm³/mol. The van der Waals surface area contributed by atoms with E-state index < -0.39 is 0 Å². The zero-order valence-corrected chi connectivity index (χ0v) is 17.4. The Morgan fingerprint density at radius 1 is 1.07 bits per heavy atom. The Kier molecular flexibility index (Phi) is 4.34. The first-order chi connectivity index (χ1) is 13.4. The summed E-state index contributed by atoms with van der Waals surface area (Å²) in [7, 11) is 0. The van der Waals surface area contributed by atoms with Gasteiger partial charge in [0.05, 0.1) is 6.54 Å². The zero-order chi connectivity index (χ0) is 19.4. The molecule has 7 heteroatoms. The molecule has 2 aliphatic heterocycles. The van der Waals surface area contributed by atoms with Crippen molar-refractivity contribution in [3.8, 4) is 0 Å². The van der Waals surface area contributed by atoms with E-state index in [2.05, 4.69) is 50.6 Å². The van der Waals surface area contributed by atoms with Gasteiger partial charge in [-0.3, -0.25) is 4.90 Å². The molecule has 4 heterocycles. The number of aryl methyl sites for hydroxylation is 1. The van der Waals surface area contributed by atoms with E-state index in [9.17, 15) is 0 Å². The highest BCUT2D eigenvalue weighted by molar-refractivity contribution is 5.21. The molecule has 5 rings (SSSR count). The summed E-state index contributed by atoms with van der Waals surface area (Å²) < 4.78 is 7.90. The average Bonchev–Trinajstić information content (AvgIpc) is 3.00. The lowest BCUT2D eigenvalue weighted by Crippen LogP contribution is -2.35. The number of hydrogen-bond acceptors (Lipinski definition) is 6. The lowest BCUT2D eigenvalue weighted by atomic mass is 9.90. The van der Waals surface area contributed by atoms with Crippen LogP contribution in [0.15, 0.2) is 4.52 Å². The number of piperidine rings is 1. The SMILES string of the molecule is CC(C)(C)c1nc(CN2CCC3(CC2)C[C@@H]3c2nnc3n2CCCCC3)no1. The molecule has 2 aromatic heterocycles. The Labute approximate surface area is 166 Å². The molecule has 3 aliphatic rings. The number of hydrogen-bond donors (Lipinski definition) is 0. The maximum atomic E-state index is 5.45. The molecule has 1 saturated carbocycles. The van der Waals surface area contributed by atoms with Crippen molar-refractivity contribution >= 4 is 0 Å². The van der Waals surface area contributed by atoms with Gasteiger partial charge in [0.25, 0.3) is 0 Å². The minimum Gasteiger partial charge on any atom is -0.339 e. The van der Waals surface area contributed by atoms with Crippen molar-refractivity contribution in [3.63, 3.8) is 0 Å². The highest BCUT2D eigenvalue weighted by atomic mass is 16.5. The van der Waals surface area contributed by atoms with E-state index in [0.717, 1.165) is 44.3 Å². The first kappa shape index (κ1) is 18.3. The minimum absolute atomic E-state index is 0.0886. The van der Waals surface area contributed by atoms with Crippen molar-refractivity contribution in [2.24, 2.45) is 5.41 Å². The van der Waals surface area contributed by atoms with Crippen LogP contribution < -0.4 is 0 Å². The molecule has 0 amide bonds. The van der Waals surface area contributed by atoms with Gasteiger partial charge in [-0.15, -0.1) is 10.2 Å². The van der Waals surface area contributed by atoms with Crippen molar-refractivity contribution in [1.82, 2.24) is 29.8 Å². The van der Waals surface area contributed by atoms with E-state index in [1.54, 1.807) is 0 Å². The second-order valence-electron chi connectivity index (χ2n) is 10.1. The van der Waals surface area contributed by atoms with E-state index in [-0.39, 0.29) is 5.41 Å². The fraction of sp³-hybridized carbons (Fsp3) is 0.810. The van der Waals surface area contributed by atoms with Crippen LogP contribution in [0.4, 0.5) is 0 Å². The minimum atomic E-state index is -0.0886. The summed E-state index contributed by atoms with van der Waals surface area (Å²) in [4.78, 5) is 7.07. The Balaban J connectivity index is 1.20. The molecule has 0 N–H and O–H groups in total. The monoisotopic (exact) mass is 384 g/mol. The van der Waals surface area contributed by atoms with Gasteiger partial charge in [-0.05, 0) is 50.6 Å². The second-order valence-corrected chi connectivity index (χ2v) is 10.1. The molecule has 0 bridgehead atoms. The maximum absolute atomic E-state index is 5.45. The van der Waals surface area contributed by atoms with Gasteiger partial charge in [0.1, 0.15) is 11.6 Å². The smallest absolute Gasteiger partial charge is 0.232 e. The highest BCUT2D eigenvalue weighted by Crippen LogP contribution is 2.64. The van der Waals surface area contributed by atoms with E-state index in [1.807, 2.05) is 0 Å². The third kappa shape index (κ3) is 3.27. The largest absolute Gasteiger partial charge is 0.339 e. The summed E-state index contributed by atoms with van der Waals surface area (Å²) in [5.41, 5.74) is 0.370. The van der Waals surface area contributed by atoms with Crippen LogP contribution in [0.3, 0.4) is 0 Å². The van der Waals surface area contributed by atoms with Crippen LogP contribution in [0.1, 0.15) is 88.6 Å². The van der Waals surface area contributed by atoms with Gasteiger partial charge in [-0.1, -0.05) is 32.3 Å². The van der Waals surface area contributed by atoms with Gasteiger partial charge < -0.3 is 9.09 Å². The van der Waals surface area contributed by atoms with Crippen molar-refractivity contribution < 1.29 is 4.52 Å². The number of likely N-dealkylation sites (tertiary alicyclic amines) is 1. The van der Waals surface area contributed by atoms with Gasteiger partial charge in [0.2, 0.25) is 5.89 Å². The Hall–Kier alpha value is -1.76. The molecule has 1 spiro atoms. The van der Waals surface area contributed by atoms with Crippen LogP contribution in [0, 0.1) is 5.41 Å². The standard InChI is InChI=1S/C21H32N6O/c1-20(2,3)19-22-16(25-28-19)14-26-11-8-21(9-12-26)13-15(21)18-24-23-17-7-5-4-6-10-27(17)18/h15H,4-14H2,1-3H3/t15-/m1/s1. The molecule has 0 aromatic carbocycles. The summed E-state index contributed by atoms with van der Waals surface area (Å²) >= 11 is 0. The molecule has 0 unspecified atom stereocenters. The molecule has 1 aliphatic carbocycles. The van der Waals surface area contributed by atoms with Crippen LogP contribution in [0.5, 0.6) is 0 Å². The van der Waals surface area contributed by atoms with E-state index in [0.29, 0.717) is 11.3 Å². The molecule has 152 valence electrons. The van der Waals surface area contributed by atoms with Gasteiger partial charge in [-0.25, -0.2) is 0 Å². The molecule has 2 aromatic rings. The Bertz CT molecular complexity index is 839. The number of nitrogens with zero attached hydrogens (tertiary/aromatic N) is 6. The molecule has 7 nitrogen and oxygen atoms in total. The fourth-order valence-electron chi connectivity index (χ4n) is 5.01. The topological polar surface area (TPSA) is 72.9 Å². The van der Waals surface area contributed by atoms with Gasteiger partial charge in [0.15, 0.2) is 5.82 Å².